The molecule has 1 heterocycles. The largest absolute Gasteiger partial charge is 0.479 e. The summed E-state index contributed by atoms with van der Waals surface area (Å²) in [6, 6.07) is 0. The van der Waals surface area contributed by atoms with Gasteiger partial charge in [0.1, 0.15) is 12.0 Å². The van der Waals surface area contributed by atoms with E-state index >= 15 is 0 Å². The van der Waals surface area contributed by atoms with Crippen LogP contribution in [0.4, 0.5) is 11.5 Å². The first-order valence-electron chi connectivity index (χ1n) is 4.64. The molecule has 16 heavy (non-hydrogen) atoms. The van der Waals surface area contributed by atoms with Gasteiger partial charge in [0, 0.05) is 14.1 Å². The monoisotopic (exact) mass is 225 g/mol. The number of nitrogens with zero attached hydrogens (tertiary/aromatic N) is 3. The highest BCUT2D eigenvalue weighted by Crippen LogP contribution is 2.23. The van der Waals surface area contributed by atoms with Gasteiger partial charge in [-0.3, -0.25) is 4.79 Å². The molecular weight excluding hydrogens is 210 g/mol. The first-order chi connectivity index (χ1) is 7.56. The fraction of sp³-hybridized carbons (Fsp3) is 0.444. The Morgan fingerprint density at radius 1 is 1.56 bits per heavy atom. The van der Waals surface area contributed by atoms with Crippen LogP contribution in [0, 0.1) is 0 Å². The number of methoxy groups -OCH3 is 1. The lowest BCUT2D eigenvalue weighted by atomic mass is 10.4. The van der Waals surface area contributed by atoms with Crippen molar-refractivity contribution in [3.05, 3.63) is 6.33 Å². The Morgan fingerprint density at radius 3 is 2.81 bits per heavy atom. The van der Waals surface area contributed by atoms with Crippen LogP contribution in [-0.4, -0.2) is 48.5 Å². The van der Waals surface area contributed by atoms with E-state index in [1.807, 2.05) is 0 Å². The van der Waals surface area contributed by atoms with Gasteiger partial charge in [0.05, 0.1) is 13.7 Å². The number of nitrogen functional groups attached to an aromatic ring is 1. The van der Waals surface area contributed by atoms with Gasteiger partial charge in [0.25, 0.3) is 0 Å². The van der Waals surface area contributed by atoms with Crippen molar-refractivity contribution in [1.82, 2.24) is 14.9 Å². The summed E-state index contributed by atoms with van der Waals surface area (Å²) in [6.07, 6.45) is 1.32. The second-order valence-corrected chi connectivity index (χ2v) is 3.29. The number of rotatable bonds is 4. The number of hydrogen-bond acceptors (Lipinski definition) is 6. The van der Waals surface area contributed by atoms with Gasteiger partial charge in [-0.15, -0.1) is 0 Å². The van der Waals surface area contributed by atoms with Crippen LogP contribution >= 0.6 is 0 Å². The molecule has 0 unspecified atom stereocenters. The minimum atomic E-state index is -0.0722. The molecule has 0 aromatic carbocycles. The van der Waals surface area contributed by atoms with E-state index in [2.05, 4.69) is 15.3 Å². The van der Waals surface area contributed by atoms with Gasteiger partial charge in [-0.2, -0.15) is 4.98 Å². The number of carbonyl (C=O) groups is 1. The van der Waals surface area contributed by atoms with E-state index in [1.165, 1.54) is 18.3 Å². The fourth-order valence-electron chi connectivity index (χ4n) is 1.00. The van der Waals surface area contributed by atoms with Crippen molar-refractivity contribution in [3.8, 4) is 5.88 Å². The van der Waals surface area contributed by atoms with Crippen LogP contribution in [-0.2, 0) is 4.79 Å². The molecule has 1 rings (SSSR count). The lowest BCUT2D eigenvalue weighted by molar-refractivity contribution is -0.126. The lowest BCUT2D eigenvalue weighted by Crippen LogP contribution is -2.29. The van der Waals surface area contributed by atoms with Gasteiger partial charge in [-0.1, -0.05) is 0 Å². The number of amides is 1. The third-order valence-electron chi connectivity index (χ3n) is 1.95. The average Bonchev–Trinajstić information content (AvgIpc) is 2.27. The molecule has 0 aliphatic heterocycles. The van der Waals surface area contributed by atoms with Gasteiger partial charge in [0.15, 0.2) is 5.82 Å². The van der Waals surface area contributed by atoms with E-state index in [0.717, 1.165) is 0 Å². The first kappa shape index (κ1) is 12.0. The summed E-state index contributed by atoms with van der Waals surface area (Å²) in [5.41, 5.74) is 6.01. The maximum atomic E-state index is 11.3. The molecule has 0 saturated heterocycles. The van der Waals surface area contributed by atoms with E-state index in [4.69, 9.17) is 10.5 Å². The second-order valence-electron chi connectivity index (χ2n) is 3.29. The molecule has 0 atom stereocenters. The van der Waals surface area contributed by atoms with Gasteiger partial charge < -0.3 is 20.7 Å². The topological polar surface area (TPSA) is 93.4 Å². The van der Waals surface area contributed by atoms with Crippen LogP contribution in [0.3, 0.4) is 0 Å². The number of hydrogen-bond donors (Lipinski definition) is 2. The Bertz CT molecular complexity index is 380. The van der Waals surface area contributed by atoms with Gasteiger partial charge >= 0.3 is 0 Å². The summed E-state index contributed by atoms with van der Waals surface area (Å²) in [7, 11) is 4.81. The van der Waals surface area contributed by atoms with Crippen LogP contribution in [0.15, 0.2) is 6.33 Å². The quantitative estimate of drug-likeness (QED) is 0.722. The third-order valence-corrected chi connectivity index (χ3v) is 1.95. The van der Waals surface area contributed by atoms with E-state index in [1.54, 1.807) is 14.1 Å². The number of aromatic nitrogens is 2. The highest BCUT2D eigenvalue weighted by Gasteiger charge is 2.10. The molecule has 1 aromatic heterocycles. The number of nitrogens with one attached hydrogen (secondary N) is 1. The SMILES string of the molecule is COc1ncnc(NCC(=O)N(C)C)c1N. The molecule has 0 spiro atoms. The summed E-state index contributed by atoms with van der Waals surface area (Å²) in [5, 5.41) is 2.82. The second kappa shape index (κ2) is 5.15. The minimum Gasteiger partial charge on any atom is -0.479 e. The number of carbonyl (C=O) groups excluding carboxylic acids is 1. The molecule has 7 nitrogen and oxygen atoms in total. The van der Waals surface area contributed by atoms with Crippen molar-refractivity contribution < 1.29 is 9.53 Å². The zero-order chi connectivity index (χ0) is 12.1. The minimum absolute atomic E-state index is 0.0722. The van der Waals surface area contributed by atoms with Crippen molar-refractivity contribution in [3.63, 3.8) is 0 Å². The third kappa shape index (κ3) is 2.72. The molecular formula is C9H15N5O2. The molecule has 7 heteroatoms. The van der Waals surface area contributed by atoms with Gasteiger partial charge in [0.2, 0.25) is 11.8 Å². The Labute approximate surface area is 93.6 Å². The Morgan fingerprint density at radius 2 is 2.25 bits per heavy atom. The summed E-state index contributed by atoms with van der Waals surface area (Å²) in [4.78, 5) is 20.5. The Hall–Kier alpha value is -2.05. The summed E-state index contributed by atoms with van der Waals surface area (Å²) in [6.45, 7) is 0.122. The summed E-state index contributed by atoms with van der Waals surface area (Å²) >= 11 is 0. The first-order valence-corrected chi connectivity index (χ1v) is 4.64. The zero-order valence-electron chi connectivity index (χ0n) is 9.52. The van der Waals surface area contributed by atoms with Crippen LogP contribution in [0.2, 0.25) is 0 Å². The highest BCUT2D eigenvalue weighted by atomic mass is 16.5. The molecule has 1 amide bonds. The van der Waals surface area contributed by atoms with E-state index in [0.29, 0.717) is 5.82 Å². The molecule has 88 valence electrons. The molecule has 0 saturated carbocycles. The van der Waals surface area contributed by atoms with Crippen molar-refractivity contribution in [2.24, 2.45) is 0 Å². The van der Waals surface area contributed by atoms with Crippen molar-refractivity contribution in [2.45, 2.75) is 0 Å². The number of likely N-dealkylation sites (N-methyl/N-ethyl adjacent to an activating group) is 1. The Kier molecular flexibility index (Phi) is 3.87. The number of ether oxygens (including phenoxy) is 1. The number of nitrogens with two attached hydrogens (primary N) is 1. The van der Waals surface area contributed by atoms with Gasteiger partial charge in [-0.05, 0) is 0 Å². The van der Waals surface area contributed by atoms with Crippen LogP contribution in [0.1, 0.15) is 0 Å². The van der Waals surface area contributed by atoms with Crippen molar-refractivity contribution in [2.75, 3.05) is 38.8 Å². The number of anilines is 2. The van der Waals surface area contributed by atoms with Crippen LogP contribution in [0.25, 0.3) is 0 Å². The van der Waals surface area contributed by atoms with Crippen LogP contribution in [0.5, 0.6) is 5.88 Å². The van der Waals surface area contributed by atoms with E-state index < -0.39 is 0 Å². The van der Waals surface area contributed by atoms with Crippen LogP contribution < -0.4 is 15.8 Å². The molecule has 0 fully saturated rings. The maximum absolute atomic E-state index is 11.3. The smallest absolute Gasteiger partial charge is 0.242 e. The summed E-state index contributed by atoms with van der Waals surface area (Å²) < 4.78 is 4.93. The predicted molar refractivity (Wildman–Crippen MR) is 60.2 cm³/mol. The lowest BCUT2D eigenvalue weighted by Gasteiger charge is -2.12. The molecule has 1 aromatic rings. The normalized spacial score (nSPS) is 9.69. The van der Waals surface area contributed by atoms with Crippen molar-refractivity contribution in [1.29, 1.82) is 0 Å². The Balaban J connectivity index is 2.71. The molecule has 3 N–H and O–H groups in total. The van der Waals surface area contributed by atoms with E-state index in [-0.39, 0.29) is 24.0 Å². The fourth-order valence-corrected chi connectivity index (χ4v) is 1.00. The van der Waals surface area contributed by atoms with Crippen molar-refractivity contribution >= 4 is 17.4 Å². The predicted octanol–water partition coefficient (Wildman–Crippen LogP) is -0.432. The standard InChI is InChI=1S/C9H15N5O2/c1-14(2)6(15)4-11-8-7(10)9(16-3)13-5-12-8/h5H,4,10H2,1-3H3,(H,11,12,13). The molecule has 0 aliphatic rings. The highest BCUT2D eigenvalue weighted by molar-refractivity contribution is 5.81. The zero-order valence-corrected chi connectivity index (χ0v) is 9.52. The molecule has 0 bridgehead atoms. The summed E-state index contributed by atoms with van der Waals surface area (Å²) in [5.74, 6) is 0.605. The van der Waals surface area contributed by atoms with E-state index in [9.17, 15) is 4.79 Å². The molecule has 0 aliphatic carbocycles. The maximum Gasteiger partial charge on any atom is 0.242 e. The average molecular weight is 225 g/mol. The van der Waals surface area contributed by atoms with Gasteiger partial charge in [-0.25, -0.2) is 4.98 Å². The molecule has 0 radical (unpaired) electrons.